The Morgan fingerprint density at radius 2 is 1.94 bits per heavy atom. The maximum atomic E-state index is 11.8. The first kappa shape index (κ1) is 11.2. The number of benzene rings is 1. The molecule has 0 aliphatic carbocycles. The summed E-state index contributed by atoms with van der Waals surface area (Å²) >= 11 is 0. The van der Waals surface area contributed by atoms with Crippen LogP contribution in [0.3, 0.4) is 0 Å². The Labute approximate surface area is 104 Å². The molecule has 3 rings (SSSR count). The molecule has 1 aromatic heterocycles. The third-order valence-electron chi connectivity index (χ3n) is 3.34. The van der Waals surface area contributed by atoms with E-state index in [0.717, 1.165) is 31.5 Å². The molecule has 0 atom stereocenters. The SMILES string of the molecule is O=c1onc(-c2ccccc2)n1C1CCNCC1. The van der Waals surface area contributed by atoms with Gasteiger partial charge in [-0.25, -0.2) is 4.79 Å². The normalized spacial score (nSPS) is 16.9. The van der Waals surface area contributed by atoms with Crippen molar-refractivity contribution in [1.29, 1.82) is 0 Å². The molecule has 0 spiro atoms. The fourth-order valence-electron chi connectivity index (χ4n) is 2.42. The van der Waals surface area contributed by atoms with Crippen LogP contribution in [0.25, 0.3) is 11.4 Å². The van der Waals surface area contributed by atoms with E-state index in [1.54, 1.807) is 4.57 Å². The van der Waals surface area contributed by atoms with Crippen molar-refractivity contribution in [2.75, 3.05) is 13.1 Å². The van der Waals surface area contributed by atoms with Gasteiger partial charge in [-0.1, -0.05) is 35.5 Å². The minimum absolute atomic E-state index is 0.181. The molecule has 1 aliphatic heterocycles. The Morgan fingerprint density at radius 1 is 1.22 bits per heavy atom. The minimum atomic E-state index is -0.360. The van der Waals surface area contributed by atoms with Crippen LogP contribution in [0.2, 0.25) is 0 Å². The maximum absolute atomic E-state index is 11.8. The molecule has 0 amide bonds. The minimum Gasteiger partial charge on any atom is -0.317 e. The summed E-state index contributed by atoms with van der Waals surface area (Å²) < 4.78 is 6.53. The lowest BCUT2D eigenvalue weighted by atomic mass is 10.1. The lowest BCUT2D eigenvalue weighted by Gasteiger charge is -2.23. The first-order valence-electron chi connectivity index (χ1n) is 6.20. The van der Waals surface area contributed by atoms with E-state index >= 15 is 0 Å². The summed E-state index contributed by atoms with van der Waals surface area (Å²) in [6.07, 6.45) is 1.86. The van der Waals surface area contributed by atoms with Crippen molar-refractivity contribution in [3.05, 3.63) is 40.9 Å². The molecule has 1 fully saturated rings. The van der Waals surface area contributed by atoms with Crippen LogP contribution in [-0.2, 0) is 0 Å². The zero-order valence-corrected chi connectivity index (χ0v) is 10.0. The second-order valence-corrected chi connectivity index (χ2v) is 4.49. The van der Waals surface area contributed by atoms with Gasteiger partial charge in [0.05, 0.1) is 0 Å². The monoisotopic (exact) mass is 245 g/mol. The van der Waals surface area contributed by atoms with Crippen molar-refractivity contribution in [1.82, 2.24) is 15.0 Å². The molecule has 1 aliphatic rings. The summed E-state index contributed by atoms with van der Waals surface area (Å²) in [5.74, 6) is 0.272. The first-order chi connectivity index (χ1) is 8.86. The molecule has 1 saturated heterocycles. The molecular formula is C13H15N3O2. The van der Waals surface area contributed by atoms with E-state index in [-0.39, 0.29) is 11.8 Å². The third-order valence-corrected chi connectivity index (χ3v) is 3.34. The van der Waals surface area contributed by atoms with Crippen molar-refractivity contribution in [2.24, 2.45) is 0 Å². The molecule has 0 radical (unpaired) electrons. The van der Waals surface area contributed by atoms with Gasteiger partial charge in [-0.05, 0) is 25.9 Å². The lowest BCUT2D eigenvalue weighted by molar-refractivity contribution is 0.327. The first-order valence-corrected chi connectivity index (χ1v) is 6.20. The summed E-state index contributed by atoms with van der Waals surface area (Å²) in [5, 5.41) is 7.21. The van der Waals surface area contributed by atoms with Crippen LogP contribution in [-0.4, -0.2) is 22.8 Å². The van der Waals surface area contributed by atoms with Crippen LogP contribution in [0.15, 0.2) is 39.6 Å². The topological polar surface area (TPSA) is 60.1 Å². The summed E-state index contributed by atoms with van der Waals surface area (Å²) in [5.41, 5.74) is 0.918. The van der Waals surface area contributed by atoms with Crippen LogP contribution >= 0.6 is 0 Å². The van der Waals surface area contributed by atoms with Gasteiger partial charge < -0.3 is 5.32 Å². The lowest BCUT2D eigenvalue weighted by Crippen LogP contribution is -2.33. The van der Waals surface area contributed by atoms with Gasteiger partial charge in [0.15, 0.2) is 5.82 Å². The number of aromatic nitrogens is 2. The van der Waals surface area contributed by atoms with E-state index in [2.05, 4.69) is 10.5 Å². The highest BCUT2D eigenvalue weighted by Gasteiger charge is 2.22. The van der Waals surface area contributed by atoms with Crippen molar-refractivity contribution >= 4 is 0 Å². The van der Waals surface area contributed by atoms with Crippen molar-refractivity contribution < 1.29 is 4.52 Å². The molecule has 94 valence electrons. The Bertz CT molecular complexity index is 567. The third kappa shape index (κ3) is 1.97. The number of nitrogens with zero attached hydrogens (tertiary/aromatic N) is 2. The number of piperidine rings is 1. The van der Waals surface area contributed by atoms with E-state index < -0.39 is 0 Å². The largest absolute Gasteiger partial charge is 0.442 e. The molecule has 2 heterocycles. The summed E-state index contributed by atoms with van der Waals surface area (Å²) in [6.45, 7) is 1.85. The van der Waals surface area contributed by atoms with Crippen LogP contribution in [0, 0.1) is 0 Å². The van der Waals surface area contributed by atoms with Gasteiger partial charge >= 0.3 is 5.76 Å². The smallest absolute Gasteiger partial charge is 0.317 e. The zero-order chi connectivity index (χ0) is 12.4. The molecule has 0 unspecified atom stereocenters. The average molecular weight is 245 g/mol. The second kappa shape index (κ2) is 4.78. The highest BCUT2D eigenvalue weighted by molar-refractivity contribution is 5.54. The standard InChI is InChI=1S/C13H15N3O2/c17-13-16(11-6-8-14-9-7-11)12(15-18-13)10-4-2-1-3-5-10/h1-5,11,14H,6-9H2. The van der Waals surface area contributed by atoms with Crippen molar-refractivity contribution in [3.8, 4) is 11.4 Å². The molecule has 1 N–H and O–H groups in total. The summed E-state index contributed by atoms with van der Waals surface area (Å²) in [7, 11) is 0. The van der Waals surface area contributed by atoms with Gasteiger partial charge in [0.25, 0.3) is 0 Å². The highest BCUT2D eigenvalue weighted by atomic mass is 16.5. The molecule has 1 aromatic carbocycles. The van der Waals surface area contributed by atoms with E-state index in [1.165, 1.54) is 0 Å². The van der Waals surface area contributed by atoms with Crippen LogP contribution in [0.1, 0.15) is 18.9 Å². The molecule has 0 bridgehead atoms. The number of hydrogen-bond donors (Lipinski definition) is 1. The molecule has 0 saturated carbocycles. The Morgan fingerprint density at radius 3 is 2.67 bits per heavy atom. The Balaban J connectivity index is 2.03. The van der Waals surface area contributed by atoms with Crippen LogP contribution < -0.4 is 11.1 Å². The molecule has 18 heavy (non-hydrogen) atoms. The average Bonchev–Trinajstić information content (AvgIpc) is 2.83. The number of rotatable bonds is 2. The fourth-order valence-corrected chi connectivity index (χ4v) is 2.42. The molecule has 5 heteroatoms. The van der Waals surface area contributed by atoms with E-state index in [4.69, 9.17) is 4.52 Å². The zero-order valence-electron chi connectivity index (χ0n) is 10.0. The predicted molar refractivity (Wildman–Crippen MR) is 67.3 cm³/mol. The van der Waals surface area contributed by atoms with Crippen LogP contribution in [0.5, 0.6) is 0 Å². The van der Waals surface area contributed by atoms with Gasteiger partial charge in [-0.2, -0.15) is 0 Å². The number of hydrogen-bond acceptors (Lipinski definition) is 4. The Hall–Kier alpha value is -1.88. The van der Waals surface area contributed by atoms with E-state index in [9.17, 15) is 4.79 Å². The predicted octanol–water partition coefficient (Wildman–Crippen LogP) is 1.43. The molecule has 5 nitrogen and oxygen atoms in total. The van der Waals surface area contributed by atoms with Crippen molar-refractivity contribution in [2.45, 2.75) is 18.9 Å². The second-order valence-electron chi connectivity index (χ2n) is 4.49. The molecule has 2 aromatic rings. The quantitative estimate of drug-likeness (QED) is 0.869. The van der Waals surface area contributed by atoms with E-state index in [0.29, 0.717) is 5.82 Å². The fraction of sp³-hybridized carbons (Fsp3) is 0.385. The van der Waals surface area contributed by atoms with Gasteiger partial charge in [-0.15, -0.1) is 0 Å². The highest BCUT2D eigenvalue weighted by Crippen LogP contribution is 2.23. The van der Waals surface area contributed by atoms with Gasteiger partial charge in [0, 0.05) is 11.6 Å². The number of nitrogens with one attached hydrogen (secondary N) is 1. The van der Waals surface area contributed by atoms with Gasteiger partial charge in [0.2, 0.25) is 0 Å². The summed E-state index contributed by atoms with van der Waals surface area (Å²) in [6, 6.07) is 9.86. The van der Waals surface area contributed by atoms with Gasteiger partial charge in [0.1, 0.15) is 0 Å². The van der Waals surface area contributed by atoms with Gasteiger partial charge in [-0.3, -0.25) is 9.09 Å². The van der Waals surface area contributed by atoms with Crippen LogP contribution in [0.4, 0.5) is 0 Å². The molecular weight excluding hydrogens is 230 g/mol. The van der Waals surface area contributed by atoms with E-state index in [1.807, 2.05) is 30.3 Å². The maximum Gasteiger partial charge on any atom is 0.442 e. The summed E-state index contributed by atoms with van der Waals surface area (Å²) in [4.78, 5) is 11.8. The Kier molecular flexibility index (Phi) is 2.98. The van der Waals surface area contributed by atoms with Crippen molar-refractivity contribution in [3.63, 3.8) is 0 Å².